The van der Waals surface area contributed by atoms with Crippen molar-refractivity contribution in [3.8, 4) is 0 Å². The zero-order valence-electron chi connectivity index (χ0n) is 13.7. The van der Waals surface area contributed by atoms with Crippen LogP contribution in [0.1, 0.15) is 77.0 Å². The summed E-state index contributed by atoms with van der Waals surface area (Å²) in [6.45, 7) is 0.414. The van der Waals surface area contributed by atoms with Crippen molar-refractivity contribution in [3.63, 3.8) is 0 Å². The van der Waals surface area contributed by atoms with Crippen LogP contribution in [-0.2, 0) is 4.79 Å². The Kier molecular flexibility index (Phi) is 7.54. The maximum absolute atomic E-state index is 11.9. The average molecular weight is 309 g/mol. The van der Waals surface area contributed by atoms with Crippen LogP contribution in [0.3, 0.4) is 0 Å². The molecule has 2 fully saturated rings. The van der Waals surface area contributed by atoms with Gasteiger partial charge in [0.05, 0.1) is 0 Å². The lowest BCUT2D eigenvalue weighted by Crippen LogP contribution is -2.43. The smallest absolute Gasteiger partial charge is 0.315 e. The summed E-state index contributed by atoms with van der Waals surface area (Å²) >= 11 is 0. The number of urea groups is 1. The molecule has 3 amide bonds. The van der Waals surface area contributed by atoms with E-state index in [1.54, 1.807) is 0 Å². The second kappa shape index (κ2) is 9.70. The molecule has 0 aliphatic heterocycles. The lowest BCUT2D eigenvalue weighted by Gasteiger charge is -2.21. The Balaban J connectivity index is 1.55. The molecular weight excluding hydrogens is 278 g/mol. The van der Waals surface area contributed by atoms with Crippen molar-refractivity contribution in [1.29, 1.82) is 0 Å². The van der Waals surface area contributed by atoms with Crippen molar-refractivity contribution in [2.75, 3.05) is 6.54 Å². The van der Waals surface area contributed by atoms with Gasteiger partial charge < -0.3 is 16.0 Å². The number of nitrogens with one attached hydrogen (secondary N) is 3. The third-order valence-corrected chi connectivity index (χ3v) is 4.80. The van der Waals surface area contributed by atoms with Gasteiger partial charge in [0.1, 0.15) is 0 Å². The van der Waals surface area contributed by atoms with E-state index in [9.17, 15) is 9.59 Å². The molecule has 0 aromatic heterocycles. The minimum atomic E-state index is -0.126. The predicted molar refractivity (Wildman–Crippen MR) is 87.7 cm³/mol. The number of amides is 3. The number of hydrogen-bond acceptors (Lipinski definition) is 2. The number of carbonyl (C=O) groups excluding carboxylic acids is 2. The Labute approximate surface area is 134 Å². The molecule has 0 unspecified atom stereocenters. The Bertz CT molecular complexity index is 346. The van der Waals surface area contributed by atoms with Gasteiger partial charge in [0.15, 0.2) is 0 Å². The van der Waals surface area contributed by atoms with E-state index >= 15 is 0 Å². The second-order valence-electron chi connectivity index (χ2n) is 6.74. The first-order valence-corrected chi connectivity index (χ1v) is 9.08. The molecule has 2 aliphatic carbocycles. The molecule has 126 valence electrons. The number of rotatable bonds is 5. The molecule has 0 aromatic carbocycles. The minimum absolute atomic E-state index is 0.0538. The van der Waals surface area contributed by atoms with Gasteiger partial charge >= 0.3 is 6.03 Å². The van der Waals surface area contributed by atoms with Crippen molar-refractivity contribution >= 4 is 11.9 Å². The molecule has 0 radical (unpaired) electrons. The quantitative estimate of drug-likeness (QED) is 0.731. The van der Waals surface area contributed by atoms with E-state index in [1.807, 2.05) is 0 Å². The monoisotopic (exact) mass is 309 g/mol. The summed E-state index contributed by atoms with van der Waals surface area (Å²) < 4.78 is 0. The summed E-state index contributed by atoms with van der Waals surface area (Å²) in [4.78, 5) is 23.7. The van der Waals surface area contributed by atoms with Gasteiger partial charge in [0, 0.05) is 25.0 Å². The standard InChI is InChI=1S/C17H31N3O2/c21-16(19-14-10-6-7-11-14)12-13-18-17(22)20-15-8-4-2-1-3-5-9-15/h14-15H,1-13H2,(H,19,21)(H2,18,20,22). The molecule has 3 N–H and O–H groups in total. The van der Waals surface area contributed by atoms with Crippen LogP contribution < -0.4 is 16.0 Å². The summed E-state index contributed by atoms with van der Waals surface area (Å²) in [6, 6.07) is 0.531. The van der Waals surface area contributed by atoms with Gasteiger partial charge in [-0.05, 0) is 25.7 Å². The fourth-order valence-corrected chi connectivity index (χ4v) is 3.50. The highest BCUT2D eigenvalue weighted by atomic mass is 16.2. The first-order valence-electron chi connectivity index (χ1n) is 9.08. The van der Waals surface area contributed by atoms with E-state index < -0.39 is 0 Å². The highest BCUT2D eigenvalue weighted by Gasteiger charge is 2.17. The molecule has 2 rings (SSSR count). The first kappa shape index (κ1) is 17.1. The summed E-state index contributed by atoms with van der Waals surface area (Å²) in [5.74, 6) is 0.0538. The lowest BCUT2D eigenvalue weighted by molar-refractivity contribution is -0.121. The van der Waals surface area contributed by atoms with Gasteiger partial charge in [0.2, 0.25) is 5.91 Å². The maximum atomic E-state index is 11.9. The average Bonchev–Trinajstić information content (AvgIpc) is 2.94. The molecule has 0 spiro atoms. The van der Waals surface area contributed by atoms with E-state index in [0.717, 1.165) is 25.7 Å². The molecule has 5 nitrogen and oxygen atoms in total. The first-order chi connectivity index (χ1) is 10.7. The van der Waals surface area contributed by atoms with Gasteiger partial charge in [-0.25, -0.2) is 4.79 Å². The minimum Gasteiger partial charge on any atom is -0.353 e. The molecule has 2 saturated carbocycles. The summed E-state index contributed by atoms with van der Waals surface area (Å²) in [7, 11) is 0. The highest BCUT2D eigenvalue weighted by molar-refractivity contribution is 5.78. The molecule has 2 aliphatic rings. The molecule has 0 heterocycles. The van der Waals surface area contributed by atoms with Gasteiger partial charge in [-0.1, -0.05) is 44.9 Å². The fourth-order valence-electron chi connectivity index (χ4n) is 3.50. The highest BCUT2D eigenvalue weighted by Crippen LogP contribution is 2.18. The molecular formula is C17H31N3O2. The molecule has 5 heteroatoms. The Morgan fingerprint density at radius 3 is 1.86 bits per heavy atom. The predicted octanol–water partition coefficient (Wildman–Crippen LogP) is 2.85. The molecule has 22 heavy (non-hydrogen) atoms. The van der Waals surface area contributed by atoms with Gasteiger partial charge in [0.25, 0.3) is 0 Å². The van der Waals surface area contributed by atoms with Crippen LogP contribution in [-0.4, -0.2) is 30.6 Å². The fraction of sp³-hybridized carbons (Fsp3) is 0.882. The van der Waals surface area contributed by atoms with Crippen molar-refractivity contribution in [2.45, 2.75) is 89.1 Å². The van der Waals surface area contributed by atoms with Crippen molar-refractivity contribution in [1.82, 2.24) is 16.0 Å². The van der Waals surface area contributed by atoms with E-state index in [2.05, 4.69) is 16.0 Å². The largest absolute Gasteiger partial charge is 0.353 e. The topological polar surface area (TPSA) is 70.2 Å². The van der Waals surface area contributed by atoms with E-state index in [4.69, 9.17) is 0 Å². The van der Waals surface area contributed by atoms with Gasteiger partial charge in [-0.15, -0.1) is 0 Å². The Hall–Kier alpha value is -1.26. The van der Waals surface area contributed by atoms with Crippen LogP contribution >= 0.6 is 0 Å². The van der Waals surface area contributed by atoms with Gasteiger partial charge in [-0.2, -0.15) is 0 Å². The van der Waals surface area contributed by atoms with Crippen LogP contribution in [0.25, 0.3) is 0 Å². The van der Waals surface area contributed by atoms with Crippen LogP contribution in [0, 0.1) is 0 Å². The lowest BCUT2D eigenvalue weighted by atomic mass is 9.97. The zero-order chi connectivity index (χ0) is 15.6. The summed E-state index contributed by atoms with van der Waals surface area (Å²) in [5.41, 5.74) is 0. The Morgan fingerprint density at radius 1 is 0.727 bits per heavy atom. The van der Waals surface area contributed by atoms with Crippen molar-refractivity contribution in [2.24, 2.45) is 0 Å². The van der Waals surface area contributed by atoms with Crippen LogP contribution in [0.4, 0.5) is 4.79 Å². The van der Waals surface area contributed by atoms with Gasteiger partial charge in [-0.3, -0.25) is 4.79 Å². The third-order valence-electron chi connectivity index (χ3n) is 4.80. The zero-order valence-corrected chi connectivity index (χ0v) is 13.7. The summed E-state index contributed by atoms with van der Waals surface area (Å²) in [6.07, 6.45) is 13.4. The van der Waals surface area contributed by atoms with Crippen LogP contribution in [0.5, 0.6) is 0 Å². The maximum Gasteiger partial charge on any atom is 0.315 e. The third kappa shape index (κ3) is 6.67. The van der Waals surface area contributed by atoms with Crippen LogP contribution in [0.15, 0.2) is 0 Å². The molecule has 0 atom stereocenters. The summed E-state index contributed by atoms with van der Waals surface area (Å²) in [5, 5.41) is 8.90. The van der Waals surface area contributed by atoms with E-state index in [-0.39, 0.29) is 11.9 Å². The van der Waals surface area contributed by atoms with E-state index in [1.165, 1.54) is 44.9 Å². The van der Waals surface area contributed by atoms with Crippen LogP contribution in [0.2, 0.25) is 0 Å². The normalized spacial score (nSPS) is 20.9. The van der Waals surface area contributed by atoms with Crippen molar-refractivity contribution < 1.29 is 9.59 Å². The number of hydrogen-bond donors (Lipinski definition) is 3. The SMILES string of the molecule is O=C(CCNC(=O)NC1CCCCCCC1)NC1CCCC1. The molecule has 0 bridgehead atoms. The Morgan fingerprint density at radius 2 is 1.23 bits per heavy atom. The molecule has 0 aromatic rings. The van der Waals surface area contributed by atoms with Crippen molar-refractivity contribution in [3.05, 3.63) is 0 Å². The second-order valence-corrected chi connectivity index (χ2v) is 6.74. The molecule has 0 saturated heterocycles. The van der Waals surface area contributed by atoms with E-state index in [0.29, 0.717) is 25.0 Å². The number of carbonyl (C=O) groups is 2.